The van der Waals surface area contributed by atoms with E-state index < -0.39 is 11.0 Å². The highest BCUT2D eigenvalue weighted by molar-refractivity contribution is 7.99. The molecule has 2 aromatic carbocycles. The van der Waals surface area contributed by atoms with Crippen molar-refractivity contribution in [2.75, 3.05) is 5.75 Å². The van der Waals surface area contributed by atoms with Crippen molar-refractivity contribution in [2.45, 2.75) is 51.6 Å². The molecule has 2 amide bonds. The van der Waals surface area contributed by atoms with E-state index in [0.29, 0.717) is 18.7 Å². The summed E-state index contributed by atoms with van der Waals surface area (Å²) in [7, 11) is 0. The molecule has 1 N–H and O–H groups in total. The molecule has 0 saturated heterocycles. The van der Waals surface area contributed by atoms with Gasteiger partial charge in [-0.15, -0.1) is 11.8 Å². The van der Waals surface area contributed by atoms with Crippen LogP contribution in [0.4, 0.5) is 5.69 Å². The number of thioether (sulfide) groups is 1. The van der Waals surface area contributed by atoms with Gasteiger partial charge >= 0.3 is 0 Å². The van der Waals surface area contributed by atoms with Crippen molar-refractivity contribution in [3.8, 4) is 0 Å². The summed E-state index contributed by atoms with van der Waals surface area (Å²) in [6.07, 6.45) is 0.518. The largest absolute Gasteiger partial charge is 0.352 e. The molecule has 0 unspecified atom stereocenters. The van der Waals surface area contributed by atoms with Crippen molar-refractivity contribution in [3.63, 3.8) is 0 Å². The number of carbonyl (C=O) groups excluding carboxylic acids is 2. The zero-order valence-corrected chi connectivity index (χ0v) is 18.9. The lowest BCUT2D eigenvalue weighted by molar-refractivity contribution is -0.384. The molecule has 1 atom stereocenters. The van der Waals surface area contributed by atoms with Crippen molar-refractivity contribution < 1.29 is 14.5 Å². The Morgan fingerprint density at radius 2 is 1.71 bits per heavy atom. The highest BCUT2D eigenvalue weighted by atomic mass is 32.2. The van der Waals surface area contributed by atoms with Crippen LogP contribution in [0.2, 0.25) is 0 Å². The summed E-state index contributed by atoms with van der Waals surface area (Å²) in [5.41, 5.74) is 1.91. The first-order valence-corrected chi connectivity index (χ1v) is 11.4. The Bertz CT molecular complexity index is 872. The predicted molar refractivity (Wildman–Crippen MR) is 124 cm³/mol. The van der Waals surface area contributed by atoms with Gasteiger partial charge in [-0.3, -0.25) is 19.7 Å². The quantitative estimate of drug-likeness (QED) is 0.416. The summed E-state index contributed by atoms with van der Waals surface area (Å²) in [6, 6.07) is 15.4. The van der Waals surface area contributed by atoms with Gasteiger partial charge in [0.2, 0.25) is 11.8 Å². The second kappa shape index (κ2) is 12.1. The number of hydrogen-bond donors (Lipinski definition) is 1. The van der Waals surface area contributed by atoms with Gasteiger partial charge in [0, 0.05) is 30.5 Å². The molecule has 0 bridgehead atoms. The number of nitro groups is 1. The topological polar surface area (TPSA) is 92.6 Å². The van der Waals surface area contributed by atoms with E-state index in [4.69, 9.17) is 0 Å². The number of nitro benzene ring substituents is 1. The number of nitrogens with one attached hydrogen (secondary N) is 1. The minimum Gasteiger partial charge on any atom is -0.352 e. The number of amides is 2. The summed E-state index contributed by atoms with van der Waals surface area (Å²) in [5.74, 6) is 0.511. The van der Waals surface area contributed by atoms with E-state index in [1.807, 2.05) is 51.1 Å². The Hall–Kier alpha value is -2.87. The number of benzene rings is 2. The third-order valence-corrected chi connectivity index (χ3v) is 5.64. The van der Waals surface area contributed by atoms with Crippen LogP contribution < -0.4 is 5.32 Å². The van der Waals surface area contributed by atoms with E-state index >= 15 is 0 Å². The monoisotopic (exact) mass is 443 g/mol. The molecule has 8 heteroatoms. The van der Waals surface area contributed by atoms with Gasteiger partial charge in [-0.1, -0.05) is 49.4 Å². The standard InChI is InChI=1S/C23H29N3O4S/c1-4-21(23(28)24-17(2)3)25(14-18-8-6-5-7-9-18)22(27)16-31-15-19-10-12-20(13-11-19)26(29)30/h5-13,17,21H,4,14-16H2,1-3H3,(H,24,28)/t21-/m1/s1. The molecular weight excluding hydrogens is 414 g/mol. The first-order valence-electron chi connectivity index (χ1n) is 10.3. The molecule has 2 rings (SSSR count). The molecule has 0 heterocycles. The molecule has 0 fully saturated rings. The summed E-state index contributed by atoms with van der Waals surface area (Å²) in [4.78, 5) is 37.8. The molecule has 0 aromatic heterocycles. The van der Waals surface area contributed by atoms with Crippen LogP contribution in [0.25, 0.3) is 0 Å². The zero-order chi connectivity index (χ0) is 22.8. The summed E-state index contributed by atoms with van der Waals surface area (Å²) in [6.45, 7) is 6.06. The molecule has 7 nitrogen and oxygen atoms in total. The zero-order valence-electron chi connectivity index (χ0n) is 18.1. The molecule has 31 heavy (non-hydrogen) atoms. The Kier molecular flexibility index (Phi) is 9.52. The van der Waals surface area contributed by atoms with Crippen molar-refractivity contribution in [2.24, 2.45) is 0 Å². The van der Waals surface area contributed by atoms with Crippen LogP contribution in [-0.2, 0) is 21.9 Å². The molecule has 0 aliphatic rings. The fourth-order valence-corrected chi connectivity index (χ4v) is 4.00. The van der Waals surface area contributed by atoms with Crippen molar-refractivity contribution in [1.82, 2.24) is 10.2 Å². The van der Waals surface area contributed by atoms with Gasteiger partial charge in [0.15, 0.2) is 0 Å². The fraction of sp³-hybridized carbons (Fsp3) is 0.391. The summed E-state index contributed by atoms with van der Waals surface area (Å²) >= 11 is 1.43. The van der Waals surface area contributed by atoms with Crippen molar-refractivity contribution >= 4 is 29.3 Å². The maximum absolute atomic E-state index is 13.1. The lowest BCUT2D eigenvalue weighted by Gasteiger charge is -2.31. The van der Waals surface area contributed by atoms with Gasteiger partial charge in [0.1, 0.15) is 6.04 Å². The highest BCUT2D eigenvalue weighted by Crippen LogP contribution is 2.19. The molecule has 0 spiro atoms. The normalized spacial score (nSPS) is 11.7. The minimum atomic E-state index is -0.546. The number of hydrogen-bond acceptors (Lipinski definition) is 5. The second-order valence-electron chi connectivity index (χ2n) is 7.51. The number of carbonyl (C=O) groups is 2. The van der Waals surface area contributed by atoms with E-state index in [2.05, 4.69) is 5.32 Å². The van der Waals surface area contributed by atoms with Gasteiger partial charge in [0.05, 0.1) is 10.7 Å². The highest BCUT2D eigenvalue weighted by Gasteiger charge is 2.28. The van der Waals surface area contributed by atoms with Crippen LogP contribution in [0.1, 0.15) is 38.3 Å². The third-order valence-electron chi connectivity index (χ3n) is 4.65. The van der Waals surface area contributed by atoms with Gasteiger partial charge in [-0.05, 0) is 31.4 Å². The lowest BCUT2D eigenvalue weighted by atomic mass is 10.1. The maximum Gasteiger partial charge on any atom is 0.269 e. The molecule has 0 aliphatic carbocycles. The van der Waals surface area contributed by atoms with E-state index in [0.717, 1.165) is 11.1 Å². The Morgan fingerprint density at radius 3 is 2.26 bits per heavy atom. The molecule has 2 aromatic rings. The first-order chi connectivity index (χ1) is 14.8. The number of non-ortho nitro benzene ring substituents is 1. The van der Waals surface area contributed by atoms with E-state index in [1.165, 1.54) is 23.9 Å². The van der Waals surface area contributed by atoms with Crippen molar-refractivity contribution in [3.05, 3.63) is 75.8 Å². The Balaban J connectivity index is 2.07. The SMILES string of the molecule is CC[C@H](C(=O)NC(C)C)N(Cc1ccccc1)C(=O)CSCc1ccc([N+](=O)[O-])cc1. The van der Waals surface area contributed by atoms with E-state index in [-0.39, 0.29) is 29.3 Å². The van der Waals surface area contributed by atoms with Crippen LogP contribution in [0, 0.1) is 10.1 Å². The number of nitrogens with zero attached hydrogens (tertiary/aromatic N) is 2. The van der Waals surface area contributed by atoms with Crippen LogP contribution >= 0.6 is 11.8 Å². The van der Waals surface area contributed by atoms with Crippen LogP contribution in [-0.4, -0.2) is 39.5 Å². The van der Waals surface area contributed by atoms with Gasteiger partial charge < -0.3 is 10.2 Å². The van der Waals surface area contributed by atoms with Crippen LogP contribution in [0.15, 0.2) is 54.6 Å². The fourth-order valence-electron chi connectivity index (χ4n) is 3.13. The average Bonchev–Trinajstić information content (AvgIpc) is 2.74. The second-order valence-corrected chi connectivity index (χ2v) is 8.50. The van der Waals surface area contributed by atoms with Crippen molar-refractivity contribution in [1.29, 1.82) is 0 Å². The van der Waals surface area contributed by atoms with Gasteiger partial charge in [0.25, 0.3) is 5.69 Å². The van der Waals surface area contributed by atoms with E-state index in [1.54, 1.807) is 17.0 Å². The molecule has 0 saturated carbocycles. The van der Waals surface area contributed by atoms with Crippen LogP contribution in [0.3, 0.4) is 0 Å². The first kappa shape index (κ1) is 24.4. The summed E-state index contributed by atoms with van der Waals surface area (Å²) < 4.78 is 0. The van der Waals surface area contributed by atoms with Gasteiger partial charge in [-0.25, -0.2) is 0 Å². The number of rotatable bonds is 11. The Morgan fingerprint density at radius 1 is 1.06 bits per heavy atom. The van der Waals surface area contributed by atoms with Crippen LogP contribution in [0.5, 0.6) is 0 Å². The summed E-state index contributed by atoms with van der Waals surface area (Å²) in [5, 5.41) is 13.7. The molecule has 0 radical (unpaired) electrons. The predicted octanol–water partition coefficient (Wildman–Crippen LogP) is 4.16. The molecular formula is C23H29N3O4S. The van der Waals surface area contributed by atoms with E-state index in [9.17, 15) is 19.7 Å². The lowest BCUT2D eigenvalue weighted by Crippen LogP contribution is -2.50. The van der Waals surface area contributed by atoms with Gasteiger partial charge in [-0.2, -0.15) is 0 Å². The average molecular weight is 444 g/mol. The molecule has 166 valence electrons. The maximum atomic E-state index is 13.1. The third kappa shape index (κ3) is 7.71. The smallest absolute Gasteiger partial charge is 0.269 e. The Labute approximate surface area is 187 Å². The molecule has 0 aliphatic heterocycles. The minimum absolute atomic E-state index is 0.00765.